The van der Waals surface area contributed by atoms with Gasteiger partial charge in [0.25, 0.3) is 5.91 Å². The molecule has 0 aliphatic carbocycles. The number of carbonyl (C=O) groups excluding carboxylic acids is 1. The molecule has 7 nitrogen and oxygen atoms in total. The van der Waals surface area contributed by atoms with E-state index in [4.69, 9.17) is 5.73 Å². The van der Waals surface area contributed by atoms with Gasteiger partial charge in [0, 0.05) is 0 Å². The number of rotatable bonds is 3. The maximum absolute atomic E-state index is 11.9. The van der Waals surface area contributed by atoms with E-state index in [0.717, 1.165) is 0 Å². The van der Waals surface area contributed by atoms with Crippen LogP contribution < -0.4 is 11.1 Å². The summed E-state index contributed by atoms with van der Waals surface area (Å²) in [7, 11) is 0. The van der Waals surface area contributed by atoms with Crippen LogP contribution in [0.1, 0.15) is 34.2 Å². The van der Waals surface area contributed by atoms with Gasteiger partial charge in [-0.2, -0.15) is 5.10 Å². The number of aromatic amines is 1. The van der Waals surface area contributed by atoms with Crippen molar-refractivity contribution in [1.82, 2.24) is 25.5 Å². The van der Waals surface area contributed by atoms with Crippen molar-refractivity contribution in [2.24, 2.45) is 0 Å². The molecule has 0 aliphatic rings. The van der Waals surface area contributed by atoms with E-state index in [0.29, 0.717) is 21.5 Å². The molecular weight excluding hydrogens is 240 g/mol. The Morgan fingerprint density at radius 1 is 1.65 bits per heavy atom. The summed E-state index contributed by atoms with van der Waals surface area (Å²) < 4.78 is 0. The van der Waals surface area contributed by atoms with Crippen LogP contribution in [0.2, 0.25) is 0 Å². The van der Waals surface area contributed by atoms with Gasteiger partial charge in [-0.15, -0.1) is 0 Å². The number of hydrogen-bond acceptors (Lipinski definition) is 6. The van der Waals surface area contributed by atoms with Crippen molar-refractivity contribution in [3.05, 3.63) is 22.7 Å². The second-order valence-corrected chi connectivity index (χ2v) is 4.56. The van der Waals surface area contributed by atoms with Gasteiger partial charge in [0.1, 0.15) is 17.0 Å². The predicted molar refractivity (Wildman–Crippen MR) is 63.5 cm³/mol. The van der Waals surface area contributed by atoms with Gasteiger partial charge in [-0.05, 0) is 13.8 Å². The number of nitrogen functional groups attached to an aromatic ring is 1. The number of H-pyrrole nitrogens is 1. The van der Waals surface area contributed by atoms with Crippen molar-refractivity contribution in [3.63, 3.8) is 0 Å². The van der Waals surface area contributed by atoms with Gasteiger partial charge in [0.05, 0.1) is 11.7 Å². The molecule has 0 aromatic carbocycles. The van der Waals surface area contributed by atoms with Crippen LogP contribution in [0.4, 0.5) is 5.13 Å². The number of aryl methyl sites for hydroxylation is 1. The first-order valence-electron chi connectivity index (χ1n) is 4.97. The zero-order chi connectivity index (χ0) is 12.4. The highest BCUT2D eigenvalue weighted by molar-refractivity contribution is 7.17. The van der Waals surface area contributed by atoms with Crippen molar-refractivity contribution >= 4 is 22.4 Å². The topological polar surface area (TPSA) is 110 Å². The van der Waals surface area contributed by atoms with Crippen LogP contribution in [-0.4, -0.2) is 26.1 Å². The van der Waals surface area contributed by atoms with Crippen LogP contribution in [-0.2, 0) is 0 Å². The summed E-state index contributed by atoms with van der Waals surface area (Å²) in [5.41, 5.74) is 6.18. The third kappa shape index (κ3) is 2.41. The lowest BCUT2D eigenvalue weighted by molar-refractivity contribution is 0.0941. The van der Waals surface area contributed by atoms with Gasteiger partial charge in [-0.3, -0.25) is 9.89 Å². The molecule has 0 bridgehead atoms. The summed E-state index contributed by atoms with van der Waals surface area (Å²) in [6.07, 6.45) is 1.40. The molecule has 0 aliphatic heterocycles. The van der Waals surface area contributed by atoms with Crippen LogP contribution in [0.5, 0.6) is 0 Å². The van der Waals surface area contributed by atoms with Gasteiger partial charge < -0.3 is 11.1 Å². The number of anilines is 1. The Labute approximate surface area is 101 Å². The third-order valence-electron chi connectivity index (χ3n) is 2.21. The molecule has 0 spiro atoms. The van der Waals surface area contributed by atoms with E-state index in [1.165, 1.54) is 17.7 Å². The number of nitrogens with two attached hydrogens (primary N) is 1. The third-order valence-corrected chi connectivity index (χ3v) is 3.20. The minimum atomic E-state index is -0.243. The second-order valence-electron chi connectivity index (χ2n) is 3.53. The number of amides is 1. The van der Waals surface area contributed by atoms with Gasteiger partial charge >= 0.3 is 0 Å². The smallest absolute Gasteiger partial charge is 0.263 e. The number of carbonyl (C=O) groups is 1. The van der Waals surface area contributed by atoms with Crippen LogP contribution >= 0.6 is 11.3 Å². The normalized spacial score (nSPS) is 12.4. The van der Waals surface area contributed by atoms with Crippen molar-refractivity contribution in [1.29, 1.82) is 0 Å². The number of aromatic nitrogens is 4. The van der Waals surface area contributed by atoms with E-state index in [9.17, 15) is 4.79 Å². The van der Waals surface area contributed by atoms with E-state index in [-0.39, 0.29) is 11.9 Å². The highest BCUT2D eigenvalue weighted by atomic mass is 32.1. The Hall–Kier alpha value is -1.96. The number of nitrogens with one attached hydrogen (secondary N) is 2. The van der Waals surface area contributed by atoms with Gasteiger partial charge in [0.2, 0.25) is 0 Å². The van der Waals surface area contributed by atoms with Gasteiger partial charge in [0.15, 0.2) is 5.13 Å². The average molecular weight is 252 g/mol. The molecular formula is C9H12N6OS. The van der Waals surface area contributed by atoms with E-state index in [2.05, 4.69) is 25.5 Å². The number of hydrogen-bond donors (Lipinski definition) is 3. The molecule has 2 heterocycles. The lowest BCUT2D eigenvalue weighted by atomic mass is 10.3. The summed E-state index contributed by atoms with van der Waals surface area (Å²) in [6, 6.07) is -0.243. The largest absolute Gasteiger partial charge is 0.375 e. The Balaban J connectivity index is 2.09. The SMILES string of the molecule is Cc1nc(N)sc1C(=O)NC(C)c1ncn[nH]1. The highest BCUT2D eigenvalue weighted by Gasteiger charge is 2.18. The van der Waals surface area contributed by atoms with E-state index < -0.39 is 0 Å². The van der Waals surface area contributed by atoms with E-state index in [1.54, 1.807) is 6.92 Å². The summed E-state index contributed by atoms with van der Waals surface area (Å²) >= 11 is 1.17. The summed E-state index contributed by atoms with van der Waals surface area (Å²) in [4.78, 5) is 20.4. The Bertz CT molecular complexity index is 520. The van der Waals surface area contributed by atoms with Crippen molar-refractivity contribution in [2.75, 3.05) is 5.73 Å². The fourth-order valence-electron chi connectivity index (χ4n) is 1.38. The Morgan fingerprint density at radius 3 is 2.94 bits per heavy atom. The molecule has 2 aromatic heterocycles. The molecule has 8 heteroatoms. The molecule has 0 fully saturated rings. The van der Waals surface area contributed by atoms with Gasteiger partial charge in [-0.1, -0.05) is 11.3 Å². The summed E-state index contributed by atoms with van der Waals surface area (Å²) in [5, 5.41) is 9.61. The molecule has 1 unspecified atom stereocenters. The van der Waals surface area contributed by atoms with Crippen LogP contribution in [0, 0.1) is 6.92 Å². The van der Waals surface area contributed by atoms with Crippen molar-refractivity contribution in [2.45, 2.75) is 19.9 Å². The Morgan fingerprint density at radius 2 is 2.41 bits per heavy atom. The van der Waals surface area contributed by atoms with Gasteiger partial charge in [-0.25, -0.2) is 9.97 Å². The van der Waals surface area contributed by atoms with Crippen LogP contribution in [0.3, 0.4) is 0 Å². The van der Waals surface area contributed by atoms with Crippen molar-refractivity contribution < 1.29 is 4.79 Å². The first-order chi connectivity index (χ1) is 8.08. The lowest BCUT2D eigenvalue weighted by Gasteiger charge is -2.09. The molecule has 4 N–H and O–H groups in total. The predicted octanol–water partition coefficient (Wildman–Crippen LogP) is 0.643. The molecule has 0 saturated carbocycles. The fourth-order valence-corrected chi connectivity index (χ4v) is 2.12. The minimum Gasteiger partial charge on any atom is -0.375 e. The maximum Gasteiger partial charge on any atom is 0.263 e. The van der Waals surface area contributed by atoms with E-state index in [1.807, 2.05) is 6.92 Å². The number of thiazole rings is 1. The zero-order valence-electron chi connectivity index (χ0n) is 9.39. The lowest BCUT2D eigenvalue weighted by Crippen LogP contribution is -2.27. The fraction of sp³-hybridized carbons (Fsp3) is 0.333. The summed E-state index contributed by atoms with van der Waals surface area (Å²) in [5.74, 6) is 0.397. The minimum absolute atomic E-state index is 0.208. The quantitative estimate of drug-likeness (QED) is 0.742. The summed E-state index contributed by atoms with van der Waals surface area (Å²) in [6.45, 7) is 3.57. The average Bonchev–Trinajstić information content (AvgIpc) is 2.87. The molecule has 0 saturated heterocycles. The standard InChI is InChI=1S/C9H12N6OS/c1-4-6(17-9(10)14-4)8(16)13-5(2)7-11-3-12-15-7/h3,5H,1-2H3,(H2,10,14)(H,13,16)(H,11,12,15). The molecule has 2 aromatic rings. The highest BCUT2D eigenvalue weighted by Crippen LogP contribution is 2.20. The molecule has 2 rings (SSSR count). The molecule has 0 radical (unpaired) electrons. The first-order valence-corrected chi connectivity index (χ1v) is 5.78. The van der Waals surface area contributed by atoms with Crippen molar-refractivity contribution in [3.8, 4) is 0 Å². The molecule has 90 valence electrons. The van der Waals surface area contributed by atoms with E-state index >= 15 is 0 Å². The Kier molecular flexibility index (Phi) is 3.05. The monoisotopic (exact) mass is 252 g/mol. The zero-order valence-corrected chi connectivity index (χ0v) is 10.2. The molecule has 17 heavy (non-hydrogen) atoms. The van der Waals surface area contributed by atoms with Crippen LogP contribution in [0.25, 0.3) is 0 Å². The molecule has 1 amide bonds. The first kappa shape index (κ1) is 11.5. The van der Waals surface area contributed by atoms with Crippen LogP contribution in [0.15, 0.2) is 6.33 Å². The maximum atomic E-state index is 11.9. The number of nitrogens with zero attached hydrogens (tertiary/aromatic N) is 3. The molecule has 1 atom stereocenters. The second kappa shape index (κ2) is 4.50.